The second-order valence-corrected chi connectivity index (χ2v) is 12.4. The zero-order valence-corrected chi connectivity index (χ0v) is 26.9. The van der Waals surface area contributed by atoms with Gasteiger partial charge in [-0.05, 0) is 57.8 Å². The Morgan fingerprint density at radius 1 is 0.487 bits per heavy atom. The lowest BCUT2D eigenvalue weighted by atomic mass is 10.0. The zero-order chi connectivity index (χ0) is 28.5. The predicted molar refractivity (Wildman–Crippen MR) is 175 cm³/mol. The molecule has 0 heterocycles. The molecule has 1 N–H and O–H groups in total. The van der Waals surface area contributed by atoms with Crippen LogP contribution in [0.3, 0.4) is 0 Å². The van der Waals surface area contributed by atoms with Crippen molar-refractivity contribution in [3.05, 3.63) is 24.3 Å². The minimum Gasteiger partial charge on any atom is -0.480 e. The molecule has 0 amide bonds. The third kappa shape index (κ3) is 33.3. The number of hydrogen-bond acceptors (Lipinski definition) is 1. The van der Waals surface area contributed by atoms with Gasteiger partial charge in [0.2, 0.25) is 0 Å². The molecule has 0 aromatic carbocycles. The van der Waals surface area contributed by atoms with Gasteiger partial charge in [0.25, 0.3) is 0 Å². The maximum Gasteiger partial charge on any atom is 0.321 e. The van der Waals surface area contributed by atoms with Crippen molar-refractivity contribution in [2.45, 2.75) is 199 Å². The number of carbonyl (C=O) groups is 1. The normalized spacial score (nSPS) is 12.7. The highest BCUT2D eigenvalue weighted by Gasteiger charge is 2.11. The number of halogens is 1. The molecule has 0 spiro atoms. The first-order chi connectivity index (χ1) is 19.2. The Hall–Kier alpha value is -0.760. The van der Waals surface area contributed by atoms with Crippen LogP contribution in [-0.4, -0.2) is 16.5 Å². The minimum absolute atomic E-state index is 0.596. The van der Waals surface area contributed by atoms with Crippen molar-refractivity contribution in [1.29, 1.82) is 0 Å². The van der Waals surface area contributed by atoms with Crippen LogP contribution in [0.2, 0.25) is 0 Å². The molecule has 3 heteroatoms. The second-order valence-electron chi connectivity index (χ2n) is 11.8. The third-order valence-electron chi connectivity index (χ3n) is 7.90. The summed E-state index contributed by atoms with van der Waals surface area (Å²) in [6.07, 6.45) is 47.8. The second kappa shape index (κ2) is 33.4. The summed E-state index contributed by atoms with van der Waals surface area (Å²) in [6, 6.07) is 0. The van der Waals surface area contributed by atoms with Crippen LogP contribution in [0.4, 0.5) is 0 Å². The quantitative estimate of drug-likeness (QED) is 0.0499. The molecule has 39 heavy (non-hydrogen) atoms. The van der Waals surface area contributed by atoms with Gasteiger partial charge < -0.3 is 5.11 Å². The Morgan fingerprint density at radius 2 is 0.744 bits per heavy atom. The van der Waals surface area contributed by atoms with Gasteiger partial charge in [0.15, 0.2) is 0 Å². The molecule has 0 saturated heterocycles. The van der Waals surface area contributed by atoms with Crippen LogP contribution in [0.25, 0.3) is 0 Å². The SMILES string of the molecule is CCCCCCCCCCCC=CCCCCCCCCCCC=CCCCCCCCCCC(Cl)C(=O)O. The highest BCUT2D eigenvalue weighted by molar-refractivity contribution is 6.29. The molecule has 0 aromatic heterocycles. The van der Waals surface area contributed by atoms with Crippen molar-refractivity contribution in [1.82, 2.24) is 0 Å². The highest BCUT2D eigenvalue weighted by Crippen LogP contribution is 2.15. The lowest BCUT2D eigenvalue weighted by Crippen LogP contribution is -2.12. The van der Waals surface area contributed by atoms with Gasteiger partial charge >= 0.3 is 5.97 Å². The molecule has 0 aliphatic heterocycles. The van der Waals surface area contributed by atoms with Crippen LogP contribution in [0.15, 0.2) is 24.3 Å². The summed E-state index contributed by atoms with van der Waals surface area (Å²) < 4.78 is 0. The van der Waals surface area contributed by atoms with Crippen molar-refractivity contribution < 1.29 is 9.90 Å². The Balaban J connectivity index is 3.17. The minimum atomic E-state index is -0.885. The molecule has 0 aliphatic carbocycles. The van der Waals surface area contributed by atoms with Gasteiger partial charge in [-0.15, -0.1) is 11.6 Å². The van der Waals surface area contributed by atoms with Gasteiger partial charge in [0.05, 0.1) is 0 Å². The van der Waals surface area contributed by atoms with E-state index in [0.29, 0.717) is 6.42 Å². The summed E-state index contributed by atoms with van der Waals surface area (Å²) in [5.74, 6) is -0.885. The number of carboxylic acids is 1. The number of aliphatic carboxylic acids is 1. The van der Waals surface area contributed by atoms with E-state index in [0.717, 1.165) is 12.8 Å². The largest absolute Gasteiger partial charge is 0.480 e. The Labute approximate surface area is 249 Å². The molecule has 0 saturated carbocycles. The van der Waals surface area contributed by atoms with Crippen molar-refractivity contribution in [2.75, 3.05) is 0 Å². The van der Waals surface area contributed by atoms with E-state index in [1.165, 1.54) is 167 Å². The van der Waals surface area contributed by atoms with Crippen molar-refractivity contribution in [3.63, 3.8) is 0 Å². The van der Waals surface area contributed by atoms with E-state index in [-0.39, 0.29) is 0 Å². The van der Waals surface area contributed by atoms with Gasteiger partial charge in [-0.3, -0.25) is 4.79 Å². The van der Waals surface area contributed by atoms with Crippen LogP contribution in [0.1, 0.15) is 193 Å². The Morgan fingerprint density at radius 3 is 1.03 bits per heavy atom. The van der Waals surface area contributed by atoms with Crippen LogP contribution in [0, 0.1) is 0 Å². The first kappa shape index (κ1) is 38.2. The Kier molecular flexibility index (Phi) is 32.8. The number of rotatable bonds is 32. The average molecular weight is 567 g/mol. The maximum atomic E-state index is 10.7. The van der Waals surface area contributed by atoms with Gasteiger partial charge in [-0.1, -0.05) is 160 Å². The predicted octanol–water partition coefficient (Wildman–Crippen LogP) is 13.1. The number of hydrogen-bond donors (Lipinski definition) is 1. The van der Waals surface area contributed by atoms with Gasteiger partial charge in [-0.2, -0.15) is 0 Å². The molecule has 0 rings (SSSR count). The molecule has 1 atom stereocenters. The molecule has 0 radical (unpaired) electrons. The van der Waals surface area contributed by atoms with E-state index in [2.05, 4.69) is 31.2 Å². The number of unbranched alkanes of at least 4 members (excludes halogenated alkanes) is 25. The third-order valence-corrected chi connectivity index (χ3v) is 8.30. The summed E-state index contributed by atoms with van der Waals surface area (Å²) in [5, 5.41) is 8.05. The molecule has 0 aromatic rings. The molecule has 0 fully saturated rings. The smallest absolute Gasteiger partial charge is 0.321 e. The van der Waals surface area contributed by atoms with E-state index in [1.54, 1.807) is 0 Å². The molecular weight excluding hydrogens is 500 g/mol. The fourth-order valence-corrected chi connectivity index (χ4v) is 5.38. The van der Waals surface area contributed by atoms with E-state index >= 15 is 0 Å². The van der Waals surface area contributed by atoms with Crippen molar-refractivity contribution in [3.8, 4) is 0 Å². The number of carboxylic acid groups (broad SMARTS) is 1. The van der Waals surface area contributed by atoms with Gasteiger partial charge in [-0.25, -0.2) is 0 Å². The zero-order valence-electron chi connectivity index (χ0n) is 26.1. The highest BCUT2D eigenvalue weighted by atomic mass is 35.5. The van der Waals surface area contributed by atoms with Gasteiger partial charge in [0, 0.05) is 0 Å². The summed E-state index contributed by atoms with van der Waals surface area (Å²) in [6.45, 7) is 2.29. The van der Waals surface area contributed by atoms with Gasteiger partial charge in [0.1, 0.15) is 5.38 Å². The maximum absolute atomic E-state index is 10.7. The summed E-state index contributed by atoms with van der Waals surface area (Å²) in [7, 11) is 0. The van der Waals surface area contributed by atoms with E-state index in [4.69, 9.17) is 16.7 Å². The Bertz CT molecular complexity index is 542. The summed E-state index contributed by atoms with van der Waals surface area (Å²) >= 11 is 5.73. The van der Waals surface area contributed by atoms with Crippen LogP contribution in [-0.2, 0) is 4.79 Å². The lowest BCUT2D eigenvalue weighted by Gasteiger charge is -2.04. The molecule has 0 bridgehead atoms. The van der Waals surface area contributed by atoms with Crippen molar-refractivity contribution >= 4 is 17.6 Å². The number of allylic oxidation sites excluding steroid dienone is 4. The standard InChI is InChI=1S/C36H67ClO2/c1-2-3-4-5-6-7-8-9-10-11-12-13-14-15-16-17-18-19-20-21-22-23-24-25-26-27-28-29-30-31-32-33-34-35(37)36(38)39/h12-13,24-25,35H,2-11,14-23,26-34H2,1H3,(H,38,39). The lowest BCUT2D eigenvalue weighted by molar-refractivity contribution is -0.136. The van der Waals surface area contributed by atoms with Crippen molar-refractivity contribution in [2.24, 2.45) is 0 Å². The van der Waals surface area contributed by atoms with Crippen LogP contribution >= 0.6 is 11.6 Å². The molecule has 2 nitrogen and oxygen atoms in total. The molecular formula is C36H67ClO2. The molecule has 0 aliphatic rings. The fraction of sp³-hybridized carbons (Fsp3) is 0.861. The summed E-state index contributed by atoms with van der Waals surface area (Å²) in [4.78, 5) is 10.7. The van der Waals surface area contributed by atoms with E-state index < -0.39 is 11.3 Å². The van der Waals surface area contributed by atoms with E-state index in [1.807, 2.05) is 0 Å². The van der Waals surface area contributed by atoms with Crippen LogP contribution in [0.5, 0.6) is 0 Å². The summed E-state index contributed by atoms with van der Waals surface area (Å²) in [5.41, 5.74) is 0. The first-order valence-electron chi connectivity index (χ1n) is 17.3. The first-order valence-corrected chi connectivity index (χ1v) is 17.8. The molecule has 1 unspecified atom stereocenters. The number of alkyl halides is 1. The molecule has 230 valence electrons. The van der Waals surface area contributed by atoms with Crippen LogP contribution < -0.4 is 0 Å². The topological polar surface area (TPSA) is 37.3 Å². The fourth-order valence-electron chi connectivity index (χ4n) is 5.22. The van der Waals surface area contributed by atoms with E-state index in [9.17, 15) is 4.79 Å². The average Bonchev–Trinajstić information content (AvgIpc) is 2.93. The monoisotopic (exact) mass is 566 g/mol.